The molecule has 15 heteroatoms. The highest BCUT2D eigenvalue weighted by atomic mass is 32.1. The Morgan fingerprint density at radius 2 is 1.91 bits per heavy atom. The van der Waals surface area contributed by atoms with E-state index in [1.54, 1.807) is 16.0 Å². The van der Waals surface area contributed by atoms with E-state index in [-0.39, 0.29) is 34.0 Å². The molecule has 0 aliphatic carbocycles. The third-order valence-electron chi connectivity index (χ3n) is 8.64. The Hall–Kier alpha value is -3.32. The maximum Gasteiger partial charge on any atom is 0.399 e. The first-order chi connectivity index (χ1) is 20.3. The molecule has 11 nitrogen and oxygen atoms in total. The van der Waals surface area contributed by atoms with E-state index >= 15 is 0 Å². The van der Waals surface area contributed by atoms with Gasteiger partial charge in [-0.1, -0.05) is 6.07 Å². The smallest absolute Gasteiger partial charge is 0.340 e. The van der Waals surface area contributed by atoms with Crippen LogP contribution in [0.15, 0.2) is 36.8 Å². The van der Waals surface area contributed by atoms with Gasteiger partial charge in [0.15, 0.2) is 0 Å². The predicted octanol–water partition coefficient (Wildman–Crippen LogP) is 3.49. The van der Waals surface area contributed by atoms with E-state index in [4.69, 9.17) is 9.79 Å². The SMILES string of the molecule is Cc1cncnc1C1CN(C(=O)[C@@H]2CC[C@@H]3CCC[C@H](NC(=O)c4cc5cc(C(F)(F)P(=O)(O)O)ccc5s4)C(=O)N32)C1. The van der Waals surface area contributed by atoms with Gasteiger partial charge < -0.3 is 24.9 Å². The van der Waals surface area contributed by atoms with Gasteiger partial charge in [0.1, 0.15) is 18.4 Å². The molecule has 1 aromatic carbocycles. The van der Waals surface area contributed by atoms with Gasteiger partial charge in [0.05, 0.1) is 10.6 Å². The first-order valence-corrected chi connectivity index (χ1v) is 16.4. The quantitative estimate of drug-likeness (QED) is 0.349. The highest BCUT2D eigenvalue weighted by Gasteiger charge is 2.51. The summed E-state index contributed by atoms with van der Waals surface area (Å²) in [5, 5.41) is 3.01. The minimum absolute atomic E-state index is 0.0806. The van der Waals surface area contributed by atoms with Crippen LogP contribution < -0.4 is 5.32 Å². The number of halogens is 2. The lowest BCUT2D eigenvalue weighted by atomic mass is 9.92. The molecule has 0 radical (unpaired) electrons. The summed E-state index contributed by atoms with van der Waals surface area (Å²) < 4.78 is 40.2. The van der Waals surface area contributed by atoms with Crippen molar-refractivity contribution in [3.05, 3.63) is 58.5 Å². The standard InChI is InChI=1S/C28H30F2N5O6PS/c1-15-11-31-14-32-24(15)17-12-34(13-17)27(38)21-7-6-19-3-2-4-20(26(37)35(19)21)33-25(36)23-10-16-9-18(5-8-22(16)43-23)28(29,30)42(39,40)41/h5,8-11,14,17,19-21H,2-4,6-7,12-13H2,1H3,(H,33,36)(H2,39,40,41)/t19-,20-,21-/m0/s1. The highest BCUT2D eigenvalue weighted by Crippen LogP contribution is 2.59. The fourth-order valence-electron chi connectivity index (χ4n) is 6.36. The summed E-state index contributed by atoms with van der Waals surface area (Å²) in [4.78, 5) is 70.6. The van der Waals surface area contributed by atoms with Gasteiger partial charge in [-0.3, -0.25) is 18.9 Å². The third kappa shape index (κ3) is 5.34. The summed E-state index contributed by atoms with van der Waals surface area (Å²) in [5.74, 6) is -0.844. The van der Waals surface area contributed by atoms with Gasteiger partial charge in [-0.05, 0) is 68.2 Å². The number of hydrogen-bond donors (Lipinski definition) is 3. The van der Waals surface area contributed by atoms with E-state index in [0.717, 1.165) is 41.1 Å². The molecule has 228 valence electrons. The average Bonchev–Trinajstić information content (AvgIpc) is 3.52. The summed E-state index contributed by atoms with van der Waals surface area (Å²) in [6.07, 6.45) is 6.33. The lowest BCUT2D eigenvalue weighted by molar-refractivity contribution is -0.148. The molecule has 5 heterocycles. The van der Waals surface area contributed by atoms with Crippen LogP contribution in [-0.4, -0.2) is 78.5 Å². The first-order valence-electron chi connectivity index (χ1n) is 14.0. The molecule has 3 saturated heterocycles. The predicted molar refractivity (Wildman–Crippen MR) is 153 cm³/mol. The van der Waals surface area contributed by atoms with E-state index in [0.29, 0.717) is 43.5 Å². The lowest BCUT2D eigenvalue weighted by Gasteiger charge is -2.42. The van der Waals surface area contributed by atoms with Crippen molar-refractivity contribution in [3.63, 3.8) is 0 Å². The van der Waals surface area contributed by atoms with E-state index in [9.17, 15) is 27.7 Å². The zero-order chi connectivity index (χ0) is 30.7. The van der Waals surface area contributed by atoms with Crippen LogP contribution in [0.1, 0.15) is 64.5 Å². The number of rotatable bonds is 6. The normalized spacial score (nSPS) is 23.2. The Labute approximate surface area is 249 Å². The van der Waals surface area contributed by atoms with Crippen LogP contribution in [0, 0.1) is 6.92 Å². The van der Waals surface area contributed by atoms with Crippen LogP contribution >= 0.6 is 18.9 Å². The minimum atomic E-state index is -5.75. The van der Waals surface area contributed by atoms with Crippen molar-refractivity contribution in [1.82, 2.24) is 25.1 Å². The highest BCUT2D eigenvalue weighted by molar-refractivity contribution is 7.52. The molecule has 3 fully saturated rings. The molecule has 3 N–H and O–H groups in total. The summed E-state index contributed by atoms with van der Waals surface area (Å²) in [6.45, 7) is 2.98. The number of carbonyl (C=O) groups is 3. The maximum absolute atomic E-state index is 14.2. The molecule has 0 bridgehead atoms. The van der Waals surface area contributed by atoms with Crippen LogP contribution in [0.25, 0.3) is 10.1 Å². The lowest BCUT2D eigenvalue weighted by Crippen LogP contribution is -2.58. The molecule has 0 saturated carbocycles. The van der Waals surface area contributed by atoms with Crippen molar-refractivity contribution >= 4 is 46.7 Å². The first kappa shape index (κ1) is 29.7. The molecule has 6 rings (SSSR count). The number of benzene rings is 1. The van der Waals surface area contributed by atoms with Crippen LogP contribution in [0.5, 0.6) is 0 Å². The number of nitrogens with one attached hydrogen (secondary N) is 1. The Bertz CT molecular complexity index is 1660. The number of carbonyl (C=O) groups excluding carboxylic acids is 3. The fraction of sp³-hybridized carbons (Fsp3) is 0.464. The molecular weight excluding hydrogens is 603 g/mol. The van der Waals surface area contributed by atoms with Crippen molar-refractivity contribution in [3.8, 4) is 0 Å². The van der Waals surface area contributed by atoms with Crippen LogP contribution in [0.3, 0.4) is 0 Å². The molecule has 3 aliphatic heterocycles. The maximum atomic E-state index is 14.2. The number of nitrogens with zero attached hydrogens (tertiary/aromatic N) is 4. The molecule has 0 unspecified atom stereocenters. The van der Waals surface area contributed by atoms with Gasteiger partial charge in [0.25, 0.3) is 5.91 Å². The fourth-order valence-corrected chi connectivity index (χ4v) is 7.78. The molecule has 2 aromatic heterocycles. The van der Waals surface area contributed by atoms with E-state index in [1.165, 1.54) is 18.5 Å². The molecular formula is C28H30F2N5O6PS. The van der Waals surface area contributed by atoms with Crippen molar-refractivity contribution in [1.29, 1.82) is 0 Å². The number of alkyl halides is 2. The van der Waals surface area contributed by atoms with Gasteiger partial charge in [-0.15, -0.1) is 11.3 Å². The topological polar surface area (TPSA) is 153 Å². The molecule has 3 atom stereocenters. The Morgan fingerprint density at radius 1 is 1.14 bits per heavy atom. The van der Waals surface area contributed by atoms with E-state index in [2.05, 4.69) is 15.3 Å². The van der Waals surface area contributed by atoms with Crippen molar-refractivity contribution < 1.29 is 37.5 Å². The van der Waals surface area contributed by atoms with Gasteiger partial charge in [0.2, 0.25) is 11.8 Å². The number of hydrogen-bond acceptors (Lipinski definition) is 7. The van der Waals surface area contributed by atoms with E-state index in [1.807, 2.05) is 6.92 Å². The van der Waals surface area contributed by atoms with Gasteiger partial charge in [-0.2, -0.15) is 8.78 Å². The summed E-state index contributed by atoms with van der Waals surface area (Å²) >= 11 is 1.02. The Balaban J connectivity index is 1.15. The molecule has 3 amide bonds. The summed E-state index contributed by atoms with van der Waals surface area (Å²) in [5.41, 5.74) is -3.33. The van der Waals surface area contributed by atoms with Crippen molar-refractivity contribution in [2.75, 3.05) is 13.1 Å². The number of thiophene rings is 1. The second kappa shape index (κ2) is 11.0. The van der Waals surface area contributed by atoms with Crippen molar-refractivity contribution in [2.24, 2.45) is 0 Å². The minimum Gasteiger partial charge on any atom is -0.340 e. The molecule has 43 heavy (non-hydrogen) atoms. The van der Waals surface area contributed by atoms with Crippen LogP contribution in [0.2, 0.25) is 0 Å². The monoisotopic (exact) mass is 633 g/mol. The average molecular weight is 634 g/mol. The summed E-state index contributed by atoms with van der Waals surface area (Å²) in [7, 11) is -5.75. The number of fused-ring (bicyclic) bond motifs is 2. The number of likely N-dealkylation sites (tertiary alicyclic amines) is 1. The summed E-state index contributed by atoms with van der Waals surface area (Å²) in [6, 6.07) is 3.00. The van der Waals surface area contributed by atoms with Crippen LogP contribution in [0.4, 0.5) is 8.78 Å². The Morgan fingerprint density at radius 3 is 2.63 bits per heavy atom. The molecule has 0 spiro atoms. The number of aromatic nitrogens is 2. The zero-order valence-electron chi connectivity index (χ0n) is 23.2. The van der Waals surface area contributed by atoms with Crippen molar-refractivity contribution in [2.45, 2.75) is 68.7 Å². The number of aryl methyl sites for hydroxylation is 1. The van der Waals surface area contributed by atoms with E-state index < -0.39 is 36.8 Å². The largest absolute Gasteiger partial charge is 0.399 e. The number of amides is 3. The molecule has 3 aromatic rings. The second-order valence-corrected chi connectivity index (χ2v) is 14.2. The zero-order valence-corrected chi connectivity index (χ0v) is 24.9. The van der Waals surface area contributed by atoms with Gasteiger partial charge in [0, 0.05) is 41.5 Å². The second-order valence-electron chi connectivity index (χ2n) is 11.4. The third-order valence-corrected chi connectivity index (χ3v) is 10.7. The molecule has 3 aliphatic rings. The Kier molecular flexibility index (Phi) is 7.60. The van der Waals surface area contributed by atoms with Crippen LogP contribution in [-0.2, 0) is 19.8 Å². The van der Waals surface area contributed by atoms with Gasteiger partial charge >= 0.3 is 13.3 Å². The van der Waals surface area contributed by atoms with Gasteiger partial charge in [-0.25, -0.2) is 9.97 Å².